The standard InChI is InChI=1S/C33H29F6N5/c1-3-28(21-8-5-4-6-9-21)44(2)19-17-29-42-27-20-22(30-26(33(37,38)39)10-7-18-40-30)11-16-25(27)31(43-29)41-24-14-12-23(13-15-24)32(34,35)36/h4-16,18,20,28H,3,17,19H2,1-2H3,(H,41,42,43). The van der Waals surface area contributed by atoms with Crippen molar-refractivity contribution in [3.05, 3.63) is 114 Å². The smallest absolute Gasteiger partial charge is 0.340 e. The molecule has 5 rings (SSSR count). The Morgan fingerprint density at radius 3 is 2.20 bits per heavy atom. The van der Waals surface area contributed by atoms with Gasteiger partial charge in [-0.15, -0.1) is 0 Å². The van der Waals surface area contributed by atoms with Gasteiger partial charge in [0.1, 0.15) is 11.6 Å². The topological polar surface area (TPSA) is 53.9 Å². The lowest BCUT2D eigenvalue weighted by atomic mass is 10.0. The van der Waals surface area contributed by atoms with Gasteiger partial charge in [0.2, 0.25) is 0 Å². The molecule has 228 valence electrons. The van der Waals surface area contributed by atoms with Gasteiger partial charge in [-0.05, 0) is 67.6 Å². The summed E-state index contributed by atoms with van der Waals surface area (Å²) in [5.41, 5.74) is 0.244. The van der Waals surface area contributed by atoms with E-state index in [0.29, 0.717) is 41.2 Å². The van der Waals surface area contributed by atoms with E-state index in [-0.39, 0.29) is 17.3 Å². The van der Waals surface area contributed by atoms with Crippen LogP contribution >= 0.6 is 0 Å². The van der Waals surface area contributed by atoms with Crippen LogP contribution in [0.3, 0.4) is 0 Å². The van der Waals surface area contributed by atoms with Crippen molar-refractivity contribution < 1.29 is 26.3 Å². The predicted molar refractivity (Wildman–Crippen MR) is 158 cm³/mol. The Morgan fingerprint density at radius 1 is 0.818 bits per heavy atom. The van der Waals surface area contributed by atoms with Crippen LogP contribution in [0.25, 0.3) is 22.2 Å². The minimum absolute atomic E-state index is 0.151. The molecule has 0 aliphatic carbocycles. The van der Waals surface area contributed by atoms with Gasteiger partial charge in [0.25, 0.3) is 0 Å². The van der Waals surface area contributed by atoms with E-state index in [9.17, 15) is 26.3 Å². The van der Waals surface area contributed by atoms with Gasteiger partial charge in [-0.3, -0.25) is 9.88 Å². The number of rotatable bonds is 9. The van der Waals surface area contributed by atoms with E-state index in [1.165, 1.54) is 42.1 Å². The van der Waals surface area contributed by atoms with Crippen LogP contribution in [-0.2, 0) is 18.8 Å². The summed E-state index contributed by atoms with van der Waals surface area (Å²) in [5.74, 6) is 0.752. The fourth-order valence-electron chi connectivity index (χ4n) is 5.18. The number of alkyl halides is 6. The number of hydrogen-bond donors (Lipinski definition) is 1. The third-order valence-corrected chi connectivity index (χ3v) is 7.40. The monoisotopic (exact) mass is 609 g/mol. The Hall–Kier alpha value is -4.51. The Kier molecular flexibility index (Phi) is 8.87. The first-order valence-corrected chi connectivity index (χ1v) is 14.0. The van der Waals surface area contributed by atoms with Gasteiger partial charge in [-0.1, -0.05) is 43.3 Å². The molecule has 1 N–H and O–H groups in total. The minimum Gasteiger partial charge on any atom is -0.340 e. The second kappa shape index (κ2) is 12.6. The summed E-state index contributed by atoms with van der Waals surface area (Å²) in [6.45, 7) is 2.68. The van der Waals surface area contributed by atoms with Gasteiger partial charge in [0.15, 0.2) is 0 Å². The molecule has 0 fully saturated rings. The van der Waals surface area contributed by atoms with E-state index in [4.69, 9.17) is 4.98 Å². The van der Waals surface area contributed by atoms with Crippen LogP contribution < -0.4 is 5.32 Å². The van der Waals surface area contributed by atoms with Crippen molar-refractivity contribution in [1.29, 1.82) is 0 Å². The second-order valence-electron chi connectivity index (χ2n) is 10.4. The molecule has 5 nitrogen and oxygen atoms in total. The summed E-state index contributed by atoms with van der Waals surface area (Å²) < 4.78 is 80.6. The normalized spacial score (nSPS) is 12.9. The Balaban J connectivity index is 1.52. The molecule has 1 atom stereocenters. The van der Waals surface area contributed by atoms with Crippen LogP contribution in [0, 0.1) is 0 Å². The van der Waals surface area contributed by atoms with Crippen molar-refractivity contribution in [1.82, 2.24) is 19.9 Å². The Bertz CT molecular complexity index is 1720. The Labute approximate surface area is 250 Å². The van der Waals surface area contributed by atoms with Crippen molar-refractivity contribution in [3.8, 4) is 11.3 Å². The molecule has 0 saturated heterocycles. The van der Waals surface area contributed by atoms with Crippen LogP contribution in [-0.4, -0.2) is 33.4 Å². The fourth-order valence-corrected chi connectivity index (χ4v) is 5.18. The van der Waals surface area contributed by atoms with Crippen LogP contribution in [0.4, 0.5) is 37.8 Å². The van der Waals surface area contributed by atoms with Gasteiger partial charge in [0.05, 0.1) is 22.3 Å². The van der Waals surface area contributed by atoms with Crippen LogP contribution in [0.15, 0.2) is 91.1 Å². The molecule has 2 heterocycles. The van der Waals surface area contributed by atoms with Crippen LogP contribution in [0.1, 0.15) is 41.9 Å². The number of nitrogens with zero attached hydrogens (tertiary/aromatic N) is 4. The van der Waals surface area contributed by atoms with E-state index < -0.39 is 23.5 Å². The maximum absolute atomic E-state index is 13.8. The molecule has 0 spiro atoms. The van der Waals surface area contributed by atoms with Crippen LogP contribution in [0.5, 0.6) is 0 Å². The van der Waals surface area contributed by atoms with Crippen molar-refractivity contribution in [3.63, 3.8) is 0 Å². The third kappa shape index (κ3) is 6.99. The SMILES string of the molecule is CCC(c1ccccc1)N(C)CCc1nc(Nc2ccc(C(F)(F)F)cc2)c2ccc(-c3ncccc3C(F)(F)F)cc2n1. The highest BCUT2D eigenvalue weighted by molar-refractivity contribution is 5.93. The van der Waals surface area contributed by atoms with Crippen molar-refractivity contribution in [2.24, 2.45) is 0 Å². The van der Waals surface area contributed by atoms with Crippen molar-refractivity contribution in [2.45, 2.75) is 38.2 Å². The van der Waals surface area contributed by atoms with E-state index >= 15 is 0 Å². The third-order valence-electron chi connectivity index (χ3n) is 7.40. The van der Waals surface area contributed by atoms with E-state index in [2.05, 4.69) is 39.2 Å². The van der Waals surface area contributed by atoms with Crippen LogP contribution in [0.2, 0.25) is 0 Å². The molecule has 0 bridgehead atoms. The molecule has 1 unspecified atom stereocenters. The molecule has 0 radical (unpaired) electrons. The van der Waals surface area contributed by atoms with Gasteiger partial charge < -0.3 is 5.32 Å². The summed E-state index contributed by atoms with van der Waals surface area (Å²) >= 11 is 0. The first-order valence-electron chi connectivity index (χ1n) is 14.0. The number of benzene rings is 3. The fraction of sp³-hybridized carbons (Fsp3) is 0.242. The number of pyridine rings is 1. The molecule has 0 amide bonds. The number of likely N-dealkylation sites (N-methyl/N-ethyl adjacent to an activating group) is 1. The molecule has 3 aromatic carbocycles. The van der Waals surface area contributed by atoms with Gasteiger partial charge in [0, 0.05) is 41.8 Å². The maximum Gasteiger partial charge on any atom is 0.418 e. The Morgan fingerprint density at radius 2 is 1.55 bits per heavy atom. The number of nitrogens with one attached hydrogen (secondary N) is 1. The molecule has 0 saturated carbocycles. The first kappa shape index (κ1) is 30.9. The summed E-state index contributed by atoms with van der Waals surface area (Å²) in [6, 6.07) is 21.6. The average Bonchev–Trinajstić information content (AvgIpc) is 3.00. The highest BCUT2D eigenvalue weighted by Gasteiger charge is 2.34. The molecule has 0 aliphatic rings. The average molecular weight is 610 g/mol. The first-order chi connectivity index (χ1) is 20.9. The summed E-state index contributed by atoms with van der Waals surface area (Å²) in [5, 5.41) is 3.57. The molecular formula is C33H29F6N5. The van der Waals surface area contributed by atoms with Gasteiger partial charge in [-0.25, -0.2) is 9.97 Å². The number of halogens is 6. The summed E-state index contributed by atoms with van der Waals surface area (Å²) in [6.07, 6.45) is -6.51. The molecule has 0 aliphatic heterocycles. The van der Waals surface area contributed by atoms with E-state index in [1.54, 1.807) is 6.07 Å². The zero-order chi connectivity index (χ0) is 31.5. The minimum atomic E-state index is -4.61. The predicted octanol–water partition coefficient (Wildman–Crippen LogP) is 9.10. The molecule has 44 heavy (non-hydrogen) atoms. The van der Waals surface area contributed by atoms with Crippen molar-refractivity contribution in [2.75, 3.05) is 18.9 Å². The second-order valence-corrected chi connectivity index (χ2v) is 10.4. The van der Waals surface area contributed by atoms with Gasteiger partial charge in [-0.2, -0.15) is 26.3 Å². The van der Waals surface area contributed by atoms with E-state index in [0.717, 1.165) is 24.6 Å². The molecule has 11 heteroatoms. The lowest BCUT2D eigenvalue weighted by Gasteiger charge is -2.27. The number of aromatic nitrogens is 3. The largest absolute Gasteiger partial charge is 0.418 e. The van der Waals surface area contributed by atoms with Crippen molar-refractivity contribution >= 4 is 22.4 Å². The van der Waals surface area contributed by atoms with Gasteiger partial charge >= 0.3 is 12.4 Å². The molecule has 5 aromatic rings. The number of fused-ring (bicyclic) bond motifs is 1. The summed E-state index contributed by atoms with van der Waals surface area (Å²) in [7, 11) is 2.00. The number of hydrogen-bond acceptors (Lipinski definition) is 5. The zero-order valence-electron chi connectivity index (χ0n) is 23.9. The molecular weight excluding hydrogens is 580 g/mol. The number of anilines is 2. The highest BCUT2D eigenvalue weighted by atomic mass is 19.4. The highest BCUT2D eigenvalue weighted by Crippen LogP contribution is 2.37. The van der Waals surface area contributed by atoms with E-state index in [1.807, 2.05) is 25.2 Å². The zero-order valence-corrected chi connectivity index (χ0v) is 23.9. The quantitative estimate of drug-likeness (QED) is 0.169. The lowest BCUT2D eigenvalue weighted by molar-refractivity contribution is -0.138. The maximum atomic E-state index is 13.8. The molecule has 2 aromatic heterocycles. The lowest BCUT2D eigenvalue weighted by Crippen LogP contribution is -2.27. The summed E-state index contributed by atoms with van der Waals surface area (Å²) in [4.78, 5) is 15.6.